The molecule has 0 atom stereocenters. The maximum Gasteiger partial charge on any atom is 0.125 e. The van der Waals surface area contributed by atoms with Gasteiger partial charge in [0.1, 0.15) is 17.2 Å². The number of rotatable bonds is 3. The molecule has 0 aliphatic heterocycles. The number of hydrogen-bond acceptors (Lipinski definition) is 3. The molecule has 0 fully saturated rings. The third kappa shape index (κ3) is 12.5. The minimum absolute atomic E-state index is 0.0530. The molecule has 0 aromatic heterocycles. The highest BCUT2D eigenvalue weighted by atomic mass is 16.5. The molecule has 0 radical (unpaired) electrons. The number of benzene rings is 6. The molecule has 3 heteroatoms. The van der Waals surface area contributed by atoms with Crippen molar-refractivity contribution in [2.75, 3.05) is 21.3 Å². The van der Waals surface area contributed by atoms with Crippen LogP contribution in [0.15, 0.2) is 91.0 Å². The molecule has 0 amide bonds. The molecule has 6 aromatic carbocycles. The fourth-order valence-electron chi connectivity index (χ4n) is 10.7. The van der Waals surface area contributed by atoms with Gasteiger partial charge in [0.15, 0.2) is 0 Å². The predicted molar refractivity (Wildman–Crippen MR) is 307 cm³/mol. The fraction of sp³-hybridized carbons (Fsp3) is 0.478. The number of ether oxygens (including phenoxy) is 3. The largest absolute Gasteiger partial charge is 0.496 e. The number of methoxy groups -OCH3 is 3. The highest BCUT2D eigenvalue weighted by molar-refractivity contribution is 5.56. The van der Waals surface area contributed by atoms with Gasteiger partial charge in [-0.05, 0) is 133 Å². The maximum atomic E-state index is 6.56. The molecule has 1 aliphatic carbocycles. The van der Waals surface area contributed by atoms with Gasteiger partial charge in [-0.3, -0.25) is 0 Å². The zero-order chi connectivity index (χ0) is 53.1. The molecule has 7 rings (SSSR count). The summed E-state index contributed by atoms with van der Waals surface area (Å²) in [6, 6.07) is 36.5. The van der Waals surface area contributed by atoms with Crippen molar-refractivity contribution in [1.29, 1.82) is 0 Å². The average molecular weight is 967 g/mol. The van der Waals surface area contributed by atoms with Gasteiger partial charge in [-0.25, -0.2) is 0 Å². The SMILES string of the molecule is COc1c2cc(C(C)(C)C)cc1Cc1cc(cc(C(C)(C)C)c1)Cc1cc(C(C)(C)C)cc(c1OC)Cc1cc(cc(C(C)(C)C)c1)Cc1cc(C(C)(C)C)cc(c1OC)Cc1cc(cc(C(C)(C)C)c1)C2. The molecule has 0 saturated carbocycles. The molecule has 72 heavy (non-hydrogen) atoms. The van der Waals surface area contributed by atoms with Crippen LogP contribution in [-0.4, -0.2) is 21.3 Å². The van der Waals surface area contributed by atoms with E-state index in [-0.39, 0.29) is 32.5 Å². The Labute approximate surface area is 437 Å². The summed E-state index contributed by atoms with van der Waals surface area (Å²) in [5.41, 5.74) is 22.7. The Hall–Kier alpha value is -5.28. The van der Waals surface area contributed by atoms with E-state index >= 15 is 0 Å². The van der Waals surface area contributed by atoms with Crippen LogP contribution in [0.1, 0.15) is 225 Å². The van der Waals surface area contributed by atoms with Crippen LogP contribution in [0.2, 0.25) is 0 Å². The van der Waals surface area contributed by atoms with E-state index in [9.17, 15) is 0 Å². The summed E-state index contributed by atoms with van der Waals surface area (Å²) in [6.45, 7) is 42.0. The summed E-state index contributed by atoms with van der Waals surface area (Å²) in [7, 11) is 5.58. The summed E-state index contributed by atoms with van der Waals surface area (Å²) in [5, 5.41) is 0. The molecule has 0 unspecified atom stereocenters. The molecular weight excluding hydrogens is 877 g/mol. The van der Waals surface area contributed by atoms with E-state index in [0.717, 1.165) is 55.8 Å². The standard InChI is InChI=1S/C69H90O3/c1-64(2,3)55-31-43-22-44(32-55)26-50-38-59(68(13,14)15)40-52(62(50)71-20)28-46-24-48(36-57(34-46)66(7,8)9)30-54-42-60(69(16,17)18)41-53(63(54)72-21)29-47-23-45(33-56(35-47)65(4,5)6)27-51-39-58(67(10,11)12)37-49(25-43)61(51)70-19/h22-24,31-42H,25-30H2,1-21H3. The van der Waals surface area contributed by atoms with Gasteiger partial charge in [0.2, 0.25) is 0 Å². The monoisotopic (exact) mass is 967 g/mol. The minimum Gasteiger partial charge on any atom is -0.496 e. The first-order chi connectivity index (χ1) is 33.2. The topological polar surface area (TPSA) is 27.7 Å². The fourth-order valence-corrected chi connectivity index (χ4v) is 10.7. The van der Waals surface area contributed by atoms with Gasteiger partial charge in [-0.15, -0.1) is 0 Å². The van der Waals surface area contributed by atoms with Crippen molar-refractivity contribution in [2.45, 2.75) is 196 Å². The Morgan fingerprint density at radius 3 is 0.486 bits per heavy atom. The third-order valence-corrected chi connectivity index (χ3v) is 15.1. The lowest BCUT2D eigenvalue weighted by Gasteiger charge is -2.27. The Bertz CT molecular complexity index is 2490. The molecule has 0 saturated heterocycles. The van der Waals surface area contributed by atoms with Crippen molar-refractivity contribution in [3.05, 3.63) is 191 Å². The average Bonchev–Trinajstić information content (AvgIpc) is 3.24. The first-order valence-electron chi connectivity index (χ1n) is 26.7. The van der Waals surface area contributed by atoms with Gasteiger partial charge in [0, 0.05) is 38.5 Å². The highest BCUT2D eigenvalue weighted by Gasteiger charge is 2.27. The molecule has 0 heterocycles. The van der Waals surface area contributed by atoms with Crippen LogP contribution >= 0.6 is 0 Å². The molecular formula is C69H90O3. The van der Waals surface area contributed by atoms with Crippen LogP contribution in [0, 0.1) is 0 Å². The van der Waals surface area contributed by atoms with Crippen LogP contribution in [0.3, 0.4) is 0 Å². The number of hydrogen-bond donors (Lipinski definition) is 0. The van der Waals surface area contributed by atoms with Gasteiger partial charge in [0.05, 0.1) is 21.3 Å². The highest BCUT2D eigenvalue weighted by Crippen LogP contribution is 2.41. The molecule has 0 N–H and O–H groups in total. The molecule has 6 aromatic rings. The maximum absolute atomic E-state index is 6.56. The van der Waals surface area contributed by atoms with Gasteiger partial charge in [0.25, 0.3) is 0 Å². The van der Waals surface area contributed by atoms with Crippen molar-refractivity contribution in [3.8, 4) is 17.2 Å². The minimum atomic E-state index is -0.0669. The molecule has 1 aliphatic rings. The van der Waals surface area contributed by atoms with E-state index in [1.165, 1.54) is 100 Å². The van der Waals surface area contributed by atoms with Gasteiger partial charge in [-0.1, -0.05) is 216 Å². The lowest BCUT2D eigenvalue weighted by Crippen LogP contribution is -2.16. The lowest BCUT2D eigenvalue weighted by atomic mass is 9.79. The van der Waals surface area contributed by atoms with Gasteiger partial charge >= 0.3 is 0 Å². The van der Waals surface area contributed by atoms with Crippen LogP contribution in [0.25, 0.3) is 0 Å². The Kier molecular flexibility index (Phi) is 15.0. The van der Waals surface area contributed by atoms with Crippen molar-refractivity contribution in [2.24, 2.45) is 0 Å². The second-order valence-corrected chi connectivity index (χ2v) is 27.7. The normalized spacial score (nSPS) is 14.1. The Morgan fingerprint density at radius 1 is 0.222 bits per heavy atom. The first-order valence-corrected chi connectivity index (χ1v) is 26.7. The van der Waals surface area contributed by atoms with E-state index in [1.54, 1.807) is 0 Å². The summed E-state index contributed by atoms with van der Waals surface area (Å²) >= 11 is 0. The first kappa shape index (κ1) is 54.5. The molecule has 0 spiro atoms. The Morgan fingerprint density at radius 2 is 0.361 bits per heavy atom. The van der Waals surface area contributed by atoms with E-state index < -0.39 is 0 Å². The van der Waals surface area contributed by atoms with E-state index in [0.29, 0.717) is 0 Å². The summed E-state index contributed by atoms with van der Waals surface area (Å²) in [5.74, 6) is 2.94. The van der Waals surface area contributed by atoms with Crippen LogP contribution in [0.4, 0.5) is 0 Å². The lowest BCUT2D eigenvalue weighted by molar-refractivity contribution is 0.405. The predicted octanol–water partition coefficient (Wildman–Crippen LogP) is 17.4. The Balaban J connectivity index is 1.56. The molecule has 3 nitrogen and oxygen atoms in total. The van der Waals surface area contributed by atoms with Crippen LogP contribution in [0.5, 0.6) is 17.2 Å². The van der Waals surface area contributed by atoms with E-state index in [4.69, 9.17) is 14.2 Å². The quantitative estimate of drug-likeness (QED) is 0.177. The van der Waals surface area contributed by atoms with Crippen LogP contribution < -0.4 is 14.2 Å². The summed E-state index contributed by atoms with van der Waals surface area (Å²) < 4.78 is 19.7. The smallest absolute Gasteiger partial charge is 0.125 e. The molecule has 12 bridgehead atoms. The zero-order valence-corrected chi connectivity index (χ0v) is 48.6. The van der Waals surface area contributed by atoms with Crippen molar-refractivity contribution in [3.63, 3.8) is 0 Å². The van der Waals surface area contributed by atoms with E-state index in [1.807, 2.05) is 21.3 Å². The second kappa shape index (κ2) is 19.9. The third-order valence-electron chi connectivity index (χ3n) is 15.1. The van der Waals surface area contributed by atoms with Crippen molar-refractivity contribution < 1.29 is 14.2 Å². The van der Waals surface area contributed by atoms with Crippen molar-refractivity contribution >= 4 is 0 Å². The number of fused-ring (bicyclic) bond motifs is 12. The van der Waals surface area contributed by atoms with Gasteiger partial charge < -0.3 is 14.2 Å². The van der Waals surface area contributed by atoms with Crippen molar-refractivity contribution in [1.82, 2.24) is 0 Å². The second-order valence-electron chi connectivity index (χ2n) is 27.7. The van der Waals surface area contributed by atoms with Crippen LogP contribution in [-0.2, 0) is 71.0 Å². The molecule has 384 valence electrons. The summed E-state index contributed by atoms with van der Waals surface area (Å²) in [4.78, 5) is 0. The summed E-state index contributed by atoms with van der Waals surface area (Å²) in [6.07, 6.45) is 4.54. The van der Waals surface area contributed by atoms with E-state index in [2.05, 4.69) is 216 Å². The van der Waals surface area contributed by atoms with Gasteiger partial charge in [-0.2, -0.15) is 0 Å². The zero-order valence-electron chi connectivity index (χ0n) is 48.6.